The molecule has 0 atom stereocenters. The number of anilines is 3. The average molecular weight is 617 g/mol. The minimum absolute atomic E-state index is 0.131. The predicted octanol–water partition coefficient (Wildman–Crippen LogP) is 12.5. The quantitative estimate of drug-likeness (QED) is 0.196. The van der Waals surface area contributed by atoms with Crippen LogP contribution in [0.25, 0.3) is 60.6 Å². The van der Waals surface area contributed by atoms with Gasteiger partial charge in [-0.25, -0.2) is 0 Å². The van der Waals surface area contributed by atoms with Crippen molar-refractivity contribution in [1.82, 2.24) is 4.57 Å². The fourth-order valence-corrected chi connectivity index (χ4v) is 8.26. The standard InChI is InChI=1S/C45H32N2O/c1-45(2)34-21-9-6-18-32(34)42-35(45)22-13-24-37(42)47(40-27-12-20-31-30-17-8-11-28-41(30)48-44(31)40)39-26-14-25-38-43(39)33-19-7-10-23-36(33)46(38)29-15-4-3-5-16-29/h3-28H,1-2H3. The second-order valence-corrected chi connectivity index (χ2v) is 13.3. The second-order valence-electron chi connectivity index (χ2n) is 13.3. The van der Waals surface area contributed by atoms with E-state index in [1.807, 2.05) is 6.07 Å². The molecule has 1 aliphatic carbocycles. The Kier molecular flexibility index (Phi) is 5.63. The number of fused-ring (bicyclic) bond motifs is 9. The van der Waals surface area contributed by atoms with Gasteiger partial charge in [0, 0.05) is 38.2 Å². The van der Waals surface area contributed by atoms with Crippen molar-refractivity contribution in [2.45, 2.75) is 19.3 Å². The molecular formula is C45H32N2O. The highest BCUT2D eigenvalue weighted by Crippen LogP contribution is 2.56. The monoisotopic (exact) mass is 616 g/mol. The van der Waals surface area contributed by atoms with Gasteiger partial charge in [-0.1, -0.05) is 123 Å². The lowest BCUT2D eigenvalue weighted by Crippen LogP contribution is -2.16. The third kappa shape index (κ3) is 3.64. The van der Waals surface area contributed by atoms with Crippen molar-refractivity contribution < 1.29 is 4.42 Å². The number of benzene rings is 7. The molecule has 0 fully saturated rings. The lowest BCUT2D eigenvalue weighted by molar-refractivity contribution is 0.660. The third-order valence-electron chi connectivity index (χ3n) is 10.4. The molecule has 0 radical (unpaired) electrons. The van der Waals surface area contributed by atoms with E-state index in [4.69, 9.17) is 4.42 Å². The van der Waals surface area contributed by atoms with Gasteiger partial charge < -0.3 is 13.9 Å². The predicted molar refractivity (Wildman–Crippen MR) is 200 cm³/mol. The summed E-state index contributed by atoms with van der Waals surface area (Å²) >= 11 is 0. The zero-order valence-electron chi connectivity index (χ0n) is 26.8. The van der Waals surface area contributed by atoms with E-state index in [1.54, 1.807) is 0 Å². The Morgan fingerprint density at radius 2 is 1.12 bits per heavy atom. The molecule has 3 nitrogen and oxygen atoms in total. The summed E-state index contributed by atoms with van der Waals surface area (Å²) in [5, 5.41) is 4.65. The molecular weight excluding hydrogens is 585 g/mol. The van der Waals surface area contributed by atoms with Crippen molar-refractivity contribution in [3.8, 4) is 16.8 Å². The van der Waals surface area contributed by atoms with Crippen LogP contribution in [0.15, 0.2) is 162 Å². The van der Waals surface area contributed by atoms with E-state index in [9.17, 15) is 0 Å². The van der Waals surface area contributed by atoms with E-state index < -0.39 is 0 Å². The normalized spacial score (nSPS) is 13.4. The van der Waals surface area contributed by atoms with Gasteiger partial charge in [-0.05, 0) is 65.2 Å². The maximum absolute atomic E-state index is 6.76. The van der Waals surface area contributed by atoms with Crippen molar-refractivity contribution in [3.05, 3.63) is 169 Å². The lowest BCUT2D eigenvalue weighted by atomic mass is 9.82. The Morgan fingerprint density at radius 3 is 2.02 bits per heavy atom. The summed E-state index contributed by atoms with van der Waals surface area (Å²) in [6.07, 6.45) is 0. The molecule has 0 N–H and O–H groups in total. The van der Waals surface area contributed by atoms with Gasteiger partial charge in [-0.2, -0.15) is 0 Å². The average Bonchev–Trinajstić information content (AvgIpc) is 3.76. The number of hydrogen-bond donors (Lipinski definition) is 0. The Balaban J connectivity index is 1.37. The Hall–Kier alpha value is -6.06. The van der Waals surface area contributed by atoms with Gasteiger partial charge in [-0.3, -0.25) is 0 Å². The van der Waals surface area contributed by atoms with Crippen LogP contribution in [0.5, 0.6) is 0 Å². The van der Waals surface area contributed by atoms with Crippen LogP contribution in [0, 0.1) is 0 Å². The first-order chi connectivity index (χ1) is 23.6. The van der Waals surface area contributed by atoms with Crippen LogP contribution in [0.2, 0.25) is 0 Å². The van der Waals surface area contributed by atoms with Crippen LogP contribution in [0.3, 0.4) is 0 Å². The topological polar surface area (TPSA) is 21.3 Å². The molecule has 0 unspecified atom stereocenters. The SMILES string of the molecule is CC1(C)c2ccccc2-c2c(N(c3cccc4c3oc3ccccc34)c3cccc4c3c3ccccc3n4-c3ccccc3)cccc21. The van der Waals surface area contributed by atoms with E-state index in [0.29, 0.717) is 0 Å². The number of rotatable bonds is 4. The van der Waals surface area contributed by atoms with Crippen LogP contribution in [0.1, 0.15) is 25.0 Å². The van der Waals surface area contributed by atoms with Crippen molar-refractivity contribution in [2.75, 3.05) is 4.90 Å². The molecule has 7 aromatic carbocycles. The van der Waals surface area contributed by atoms with Gasteiger partial charge in [0.1, 0.15) is 5.58 Å². The molecule has 2 aromatic heterocycles. The molecule has 0 amide bonds. The molecule has 3 heteroatoms. The molecule has 0 aliphatic heterocycles. The fourth-order valence-electron chi connectivity index (χ4n) is 8.26. The summed E-state index contributed by atoms with van der Waals surface area (Å²) in [6, 6.07) is 56.8. The lowest BCUT2D eigenvalue weighted by Gasteiger charge is -2.29. The van der Waals surface area contributed by atoms with E-state index in [1.165, 1.54) is 38.5 Å². The molecule has 0 bridgehead atoms. The van der Waals surface area contributed by atoms with Crippen LogP contribution < -0.4 is 4.90 Å². The van der Waals surface area contributed by atoms with Crippen LogP contribution in [-0.4, -0.2) is 4.57 Å². The smallest absolute Gasteiger partial charge is 0.159 e. The highest BCUT2D eigenvalue weighted by molar-refractivity contribution is 6.19. The zero-order valence-corrected chi connectivity index (χ0v) is 26.8. The number of aromatic nitrogens is 1. The van der Waals surface area contributed by atoms with Gasteiger partial charge in [0.05, 0.1) is 28.1 Å². The summed E-state index contributed by atoms with van der Waals surface area (Å²) < 4.78 is 9.16. The highest BCUT2D eigenvalue weighted by Gasteiger charge is 2.38. The summed E-state index contributed by atoms with van der Waals surface area (Å²) in [5.74, 6) is 0. The van der Waals surface area contributed by atoms with Gasteiger partial charge in [0.2, 0.25) is 0 Å². The molecule has 228 valence electrons. The number of hydrogen-bond acceptors (Lipinski definition) is 2. The molecule has 9 aromatic rings. The molecule has 10 rings (SSSR count). The second kappa shape index (κ2) is 9.97. The van der Waals surface area contributed by atoms with Crippen LogP contribution in [0.4, 0.5) is 17.1 Å². The van der Waals surface area contributed by atoms with Gasteiger partial charge in [0.25, 0.3) is 0 Å². The van der Waals surface area contributed by atoms with Crippen molar-refractivity contribution in [3.63, 3.8) is 0 Å². The van der Waals surface area contributed by atoms with E-state index in [2.05, 4.69) is 175 Å². The fraction of sp³-hybridized carbons (Fsp3) is 0.0667. The van der Waals surface area contributed by atoms with Gasteiger partial charge >= 0.3 is 0 Å². The molecule has 0 saturated carbocycles. The van der Waals surface area contributed by atoms with Crippen molar-refractivity contribution >= 4 is 60.8 Å². The first-order valence-corrected chi connectivity index (χ1v) is 16.6. The van der Waals surface area contributed by atoms with Gasteiger partial charge in [-0.15, -0.1) is 0 Å². The number of nitrogens with zero attached hydrogens (tertiary/aromatic N) is 2. The largest absolute Gasteiger partial charge is 0.454 e. The number of para-hydroxylation sites is 4. The maximum atomic E-state index is 6.76. The third-order valence-corrected chi connectivity index (χ3v) is 10.4. The first kappa shape index (κ1) is 27.1. The summed E-state index contributed by atoms with van der Waals surface area (Å²) in [4.78, 5) is 2.46. The Labute approximate surface area is 278 Å². The van der Waals surface area contributed by atoms with Crippen LogP contribution in [-0.2, 0) is 5.41 Å². The molecule has 0 spiro atoms. The Morgan fingerprint density at radius 1 is 0.500 bits per heavy atom. The van der Waals surface area contributed by atoms with Crippen LogP contribution >= 0.6 is 0 Å². The van der Waals surface area contributed by atoms with Gasteiger partial charge in [0.15, 0.2) is 5.58 Å². The Bertz CT molecular complexity index is 2710. The maximum Gasteiger partial charge on any atom is 0.159 e. The minimum Gasteiger partial charge on any atom is -0.454 e. The molecule has 0 saturated heterocycles. The molecule has 1 aliphatic rings. The zero-order chi connectivity index (χ0) is 32.0. The van der Waals surface area contributed by atoms with Crippen molar-refractivity contribution in [2.24, 2.45) is 0 Å². The summed E-state index contributed by atoms with van der Waals surface area (Å²) in [7, 11) is 0. The number of furan rings is 1. The minimum atomic E-state index is -0.131. The molecule has 2 heterocycles. The first-order valence-electron chi connectivity index (χ1n) is 16.6. The summed E-state index contributed by atoms with van der Waals surface area (Å²) in [5.41, 5.74) is 13.6. The van der Waals surface area contributed by atoms with E-state index in [0.717, 1.165) is 50.2 Å². The summed E-state index contributed by atoms with van der Waals surface area (Å²) in [6.45, 7) is 4.69. The van der Waals surface area contributed by atoms with E-state index >= 15 is 0 Å². The van der Waals surface area contributed by atoms with E-state index in [-0.39, 0.29) is 5.41 Å². The van der Waals surface area contributed by atoms with Crippen molar-refractivity contribution in [1.29, 1.82) is 0 Å². The highest BCUT2D eigenvalue weighted by atomic mass is 16.3. The molecule has 48 heavy (non-hydrogen) atoms.